The lowest BCUT2D eigenvalue weighted by Crippen LogP contribution is -2.49. The van der Waals surface area contributed by atoms with Crippen molar-refractivity contribution in [2.45, 2.75) is 77.5 Å². The first-order valence-electron chi connectivity index (χ1n) is 10.1. The van der Waals surface area contributed by atoms with E-state index in [0.29, 0.717) is 23.6 Å². The van der Waals surface area contributed by atoms with Crippen molar-refractivity contribution >= 4 is 17.7 Å². The molecule has 1 saturated heterocycles. The third-order valence-electron chi connectivity index (χ3n) is 5.69. The smallest absolute Gasteiger partial charge is 0.411 e. The number of carbonyl (C=O) groups excluding carboxylic acids is 2. The van der Waals surface area contributed by atoms with E-state index in [1.165, 1.54) is 10.6 Å². The summed E-state index contributed by atoms with van der Waals surface area (Å²) in [6.45, 7) is 7.30. The van der Waals surface area contributed by atoms with Crippen molar-refractivity contribution in [3.8, 4) is 0 Å². The number of amides is 2. The van der Waals surface area contributed by atoms with Crippen molar-refractivity contribution in [3.05, 3.63) is 28.2 Å². The van der Waals surface area contributed by atoms with Gasteiger partial charge < -0.3 is 14.6 Å². The summed E-state index contributed by atoms with van der Waals surface area (Å²) in [6, 6.07) is 0.996. The topological polar surface area (TPSA) is 80.6 Å². The molecule has 0 aromatic carbocycles. The molecule has 0 bridgehead atoms. The normalized spacial score (nSPS) is 24.6. The highest BCUT2D eigenvalue weighted by molar-refractivity contribution is 5.97. The van der Waals surface area contributed by atoms with Crippen molar-refractivity contribution in [2.24, 2.45) is 13.0 Å². The Kier molecular flexibility index (Phi) is 5.55. The zero-order valence-electron chi connectivity index (χ0n) is 17.4. The van der Waals surface area contributed by atoms with Gasteiger partial charge in [-0.15, -0.1) is 0 Å². The van der Waals surface area contributed by atoms with Crippen molar-refractivity contribution in [1.82, 2.24) is 9.47 Å². The van der Waals surface area contributed by atoms with Crippen LogP contribution < -0.4 is 10.9 Å². The Morgan fingerprint density at radius 3 is 2.57 bits per heavy atom. The summed E-state index contributed by atoms with van der Waals surface area (Å²) < 4.78 is 7.05. The first kappa shape index (κ1) is 20.4. The van der Waals surface area contributed by atoms with Crippen LogP contribution in [0.4, 0.5) is 10.5 Å². The molecule has 154 valence electrons. The molecule has 2 amide bonds. The molecular weight excluding hydrogens is 358 g/mol. The molecule has 1 aliphatic heterocycles. The minimum absolute atomic E-state index is 0.0561. The average Bonchev–Trinajstić information content (AvgIpc) is 2.98. The molecule has 2 heterocycles. The van der Waals surface area contributed by atoms with Crippen molar-refractivity contribution in [2.75, 3.05) is 5.32 Å². The molecule has 28 heavy (non-hydrogen) atoms. The average molecular weight is 389 g/mol. The van der Waals surface area contributed by atoms with Gasteiger partial charge in [0.05, 0.1) is 5.69 Å². The molecule has 2 aliphatic rings. The van der Waals surface area contributed by atoms with E-state index >= 15 is 0 Å². The number of carbonyl (C=O) groups is 2. The van der Waals surface area contributed by atoms with Crippen LogP contribution in [0.5, 0.6) is 0 Å². The predicted octanol–water partition coefficient (Wildman–Crippen LogP) is 3.20. The summed E-state index contributed by atoms with van der Waals surface area (Å²) in [6.07, 6.45) is 6.00. The maximum atomic E-state index is 13.1. The van der Waals surface area contributed by atoms with Crippen LogP contribution in [0.2, 0.25) is 0 Å². The summed E-state index contributed by atoms with van der Waals surface area (Å²) in [5.74, 6) is 0.111. The molecule has 1 aliphatic carbocycles. The van der Waals surface area contributed by atoms with Gasteiger partial charge in [0.1, 0.15) is 11.6 Å². The molecule has 1 saturated carbocycles. The van der Waals surface area contributed by atoms with Crippen molar-refractivity contribution in [1.29, 1.82) is 0 Å². The van der Waals surface area contributed by atoms with Crippen LogP contribution in [0.3, 0.4) is 0 Å². The Morgan fingerprint density at radius 1 is 1.21 bits per heavy atom. The molecule has 3 atom stereocenters. The van der Waals surface area contributed by atoms with E-state index in [9.17, 15) is 14.4 Å². The SMILES string of the molecule is Cc1cc(=O)n(C)cc1NC(=O)[C@@H]1C[C@@H]2CCCC[C@@H]2N1C(=O)OC(C)(C)C. The number of fused-ring (bicyclic) bond motifs is 1. The molecule has 7 nitrogen and oxygen atoms in total. The summed E-state index contributed by atoms with van der Waals surface area (Å²) in [5.41, 5.74) is 0.554. The van der Waals surface area contributed by atoms with E-state index in [0.717, 1.165) is 25.7 Å². The number of ether oxygens (including phenoxy) is 1. The zero-order valence-corrected chi connectivity index (χ0v) is 17.4. The van der Waals surface area contributed by atoms with Crippen LogP contribution in [-0.2, 0) is 16.6 Å². The van der Waals surface area contributed by atoms with E-state index in [1.54, 1.807) is 25.1 Å². The largest absolute Gasteiger partial charge is 0.444 e. The number of likely N-dealkylation sites (tertiary alicyclic amines) is 1. The van der Waals surface area contributed by atoms with Gasteiger partial charge in [0.15, 0.2) is 0 Å². The van der Waals surface area contributed by atoms with Crippen LogP contribution in [-0.4, -0.2) is 39.2 Å². The minimum Gasteiger partial charge on any atom is -0.444 e. The molecule has 0 unspecified atom stereocenters. The number of pyridine rings is 1. The lowest BCUT2D eigenvalue weighted by molar-refractivity contribution is -0.120. The summed E-state index contributed by atoms with van der Waals surface area (Å²) in [5, 5.41) is 2.93. The van der Waals surface area contributed by atoms with Gasteiger partial charge in [0.2, 0.25) is 5.91 Å². The van der Waals surface area contributed by atoms with Crippen LogP contribution in [0.15, 0.2) is 17.1 Å². The molecule has 1 N–H and O–H groups in total. The first-order valence-corrected chi connectivity index (χ1v) is 10.1. The number of aryl methyl sites for hydroxylation is 2. The Hall–Kier alpha value is -2.31. The molecule has 2 fully saturated rings. The van der Waals surface area contributed by atoms with Crippen LogP contribution >= 0.6 is 0 Å². The van der Waals surface area contributed by atoms with Gasteiger partial charge in [-0.3, -0.25) is 14.5 Å². The Morgan fingerprint density at radius 2 is 1.89 bits per heavy atom. The molecule has 0 radical (unpaired) electrons. The number of nitrogens with one attached hydrogen (secondary N) is 1. The molecule has 0 spiro atoms. The van der Waals surface area contributed by atoms with Gasteiger partial charge in [-0.05, 0) is 58.4 Å². The Labute approximate surface area is 166 Å². The van der Waals surface area contributed by atoms with E-state index in [-0.39, 0.29) is 17.5 Å². The van der Waals surface area contributed by atoms with Gasteiger partial charge in [-0.2, -0.15) is 0 Å². The van der Waals surface area contributed by atoms with Crippen molar-refractivity contribution in [3.63, 3.8) is 0 Å². The number of hydrogen-bond acceptors (Lipinski definition) is 4. The van der Waals surface area contributed by atoms with Crippen molar-refractivity contribution < 1.29 is 14.3 Å². The number of anilines is 1. The monoisotopic (exact) mass is 389 g/mol. The highest BCUT2D eigenvalue weighted by Crippen LogP contribution is 2.40. The van der Waals surface area contributed by atoms with Gasteiger partial charge in [-0.1, -0.05) is 12.8 Å². The molecule has 7 heteroatoms. The fourth-order valence-corrected chi connectivity index (χ4v) is 4.34. The predicted molar refractivity (Wildman–Crippen MR) is 107 cm³/mol. The van der Waals surface area contributed by atoms with Gasteiger partial charge in [0, 0.05) is 25.4 Å². The molecule has 1 aromatic heterocycles. The first-order chi connectivity index (χ1) is 13.1. The second kappa shape index (κ2) is 7.60. The third kappa shape index (κ3) is 4.23. The van der Waals surface area contributed by atoms with Crippen LogP contribution in [0, 0.1) is 12.8 Å². The van der Waals surface area contributed by atoms with Gasteiger partial charge in [0.25, 0.3) is 5.56 Å². The summed E-state index contributed by atoms with van der Waals surface area (Å²) in [7, 11) is 1.65. The summed E-state index contributed by atoms with van der Waals surface area (Å²) >= 11 is 0. The standard InChI is InChI=1S/C21H31N3O4/c1-13-10-18(25)23(5)12-15(13)22-19(26)17-11-14-8-6-7-9-16(14)24(17)20(27)28-21(2,3)4/h10,12,14,16-17H,6-9,11H2,1-5H3,(H,22,26)/t14-,16-,17-/m0/s1. The molecule has 3 rings (SSSR count). The Balaban J connectivity index is 1.85. The maximum absolute atomic E-state index is 13.1. The van der Waals surface area contributed by atoms with E-state index in [4.69, 9.17) is 4.74 Å². The third-order valence-corrected chi connectivity index (χ3v) is 5.69. The quantitative estimate of drug-likeness (QED) is 0.842. The number of rotatable bonds is 2. The zero-order chi connectivity index (χ0) is 20.6. The second-order valence-electron chi connectivity index (χ2n) is 9.06. The lowest BCUT2D eigenvalue weighted by Gasteiger charge is -2.34. The van der Waals surface area contributed by atoms with E-state index in [2.05, 4.69) is 5.32 Å². The molecule has 1 aromatic rings. The van der Waals surface area contributed by atoms with E-state index in [1.807, 2.05) is 20.8 Å². The van der Waals surface area contributed by atoms with Crippen LogP contribution in [0.1, 0.15) is 58.4 Å². The van der Waals surface area contributed by atoms with E-state index < -0.39 is 17.7 Å². The Bertz CT molecular complexity index is 824. The maximum Gasteiger partial charge on any atom is 0.411 e. The minimum atomic E-state index is -0.612. The fraction of sp³-hybridized carbons (Fsp3) is 0.667. The highest BCUT2D eigenvalue weighted by Gasteiger charge is 2.48. The molecular formula is C21H31N3O4. The highest BCUT2D eigenvalue weighted by atomic mass is 16.6. The fourth-order valence-electron chi connectivity index (χ4n) is 4.34. The summed E-state index contributed by atoms with van der Waals surface area (Å²) in [4.78, 5) is 39.5. The second-order valence-corrected chi connectivity index (χ2v) is 9.06. The number of aromatic nitrogens is 1. The number of hydrogen-bond donors (Lipinski definition) is 1. The van der Waals surface area contributed by atoms with Gasteiger partial charge >= 0.3 is 6.09 Å². The lowest BCUT2D eigenvalue weighted by atomic mass is 9.85. The van der Waals surface area contributed by atoms with Crippen LogP contribution in [0.25, 0.3) is 0 Å². The van der Waals surface area contributed by atoms with Gasteiger partial charge in [-0.25, -0.2) is 4.79 Å². The number of nitrogens with zero attached hydrogens (tertiary/aromatic N) is 2.